The molecular weight excluding hydrogens is 515 g/mol. The number of amides is 3. The fraction of sp³-hybridized carbons (Fsp3) is 0.370. The summed E-state index contributed by atoms with van der Waals surface area (Å²) in [6, 6.07) is 12.8. The summed E-state index contributed by atoms with van der Waals surface area (Å²) < 4.78 is 30.8. The third-order valence-electron chi connectivity index (χ3n) is 6.20. The van der Waals surface area contributed by atoms with Gasteiger partial charge in [-0.2, -0.15) is 0 Å². The second-order valence-electron chi connectivity index (χ2n) is 9.46. The molecule has 9 nitrogen and oxygen atoms in total. The van der Waals surface area contributed by atoms with Crippen molar-refractivity contribution in [2.75, 3.05) is 25.6 Å². The van der Waals surface area contributed by atoms with Crippen molar-refractivity contribution in [1.29, 1.82) is 0 Å². The molecule has 1 aliphatic heterocycles. The van der Waals surface area contributed by atoms with Crippen LogP contribution in [-0.4, -0.2) is 60.2 Å². The highest BCUT2D eigenvalue weighted by molar-refractivity contribution is 6.31. The van der Waals surface area contributed by atoms with Crippen molar-refractivity contribution < 1.29 is 28.2 Å². The van der Waals surface area contributed by atoms with E-state index in [1.54, 1.807) is 25.4 Å². The lowest BCUT2D eigenvalue weighted by molar-refractivity contribution is -0.140. The second kappa shape index (κ2) is 11.9. The van der Waals surface area contributed by atoms with Crippen molar-refractivity contribution in [1.82, 2.24) is 15.2 Å². The van der Waals surface area contributed by atoms with E-state index in [4.69, 9.17) is 25.8 Å². The van der Waals surface area contributed by atoms with Crippen molar-refractivity contribution in [3.05, 3.63) is 71.1 Å². The van der Waals surface area contributed by atoms with Gasteiger partial charge in [-0.25, -0.2) is 19.0 Å². The van der Waals surface area contributed by atoms with Gasteiger partial charge in [0.15, 0.2) is 5.79 Å². The zero-order valence-electron chi connectivity index (χ0n) is 21.4. The van der Waals surface area contributed by atoms with Gasteiger partial charge in [-0.3, -0.25) is 5.32 Å². The van der Waals surface area contributed by atoms with Gasteiger partial charge >= 0.3 is 12.1 Å². The van der Waals surface area contributed by atoms with Gasteiger partial charge in [0.05, 0.1) is 23.8 Å². The summed E-state index contributed by atoms with van der Waals surface area (Å²) in [5, 5.41) is 7.17. The number of ether oxygens (including phenoxy) is 3. The molecule has 2 aromatic carbocycles. The fourth-order valence-electron chi connectivity index (χ4n) is 4.13. The Labute approximate surface area is 225 Å². The Kier molecular flexibility index (Phi) is 8.65. The number of likely N-dealkylation sites (N-methyl/N-ethyl adjacent to an activating group) is 1. The maximum Gasteiger partial charge on any atom is 0.412 e. The number of aromatic nitrogens is 1. The molecule has 0 radical (unpaired) electrons. The quantitative estimate of drug-likeness (QED) is 0.397. The zero-order chi connectivity index (χ0) is 27.3. The number of hydrogen-bond donors (Lipinski definition) is 2. The predicted octanol–water partition coefficient (Wildman–Crippen LogP) is 5.33. The van der Waals surface area contributed by atoms with Gasteiger partial charge < -0.3 is 24.4 Å². The standard InChI is InChI=1S/C27H30ClFN4O5/c1-27(2)37-16-21(38-27)12-20(33(3)25(34)31-14-19-9-6-10-22(29)24(19)28)15-36-26(35)32-23-11-17-7-4-5-8-18(17)13-30-23/h4-11,13,20-21H,12,14-16H2,1-3H3,(H,31,34)(H,30,32,35)/t20-,21-/m1/s1. The molecule has 2 heterocycles. The van der Waals surface area contributed by atoms with E-state index in [1.807, 2.05) is 38.1 Å². The first-order valence-electron chi connectivity index (χ1n) is 12.1. The molecule has 2 N–H and O–H groups in total. The molecule has 3 amide bonds. The molecule has 11 heteroatoms. The molecule has 202 valence electrons. The lowest BCUT2D eigenvalue weighted by atomic mass is 10.1. The van der Waals surface area contributed by atoms with Crippen LogP contribution in [0.4, 0.5) is 19.8 Å². The molecule has 1 aliphatic rings. The zero-order valence-corrected chi connectivity index (χ0v) is 22.1. The molecule has 2 atom stereocenters. The molecule has 0 unspecified atom stereocenters. The highest BCUT2D eigenvalue weighted by atomic mass is 35.5. The highest BCUT2D eigenvalue weighted by Crippen LogP contribution is 2.26. The monoisotopic (exact) mass is 544 g/mol. The largest absolute Gasteiger partial charge is 0.447 e. The number of halogens is 2. The van der Waals surface area contributed by atoms with Crippen molar-refractivity contribution in [2.45, 2.75) is 44.7 Å². The SMILES string of the molecule is CN(C(=O)NCc1cccc(F)c1Cl)[C@@H](COC(=O)Nc1cc2ccccc2cn1)C[C@@H]1COC(C)(C)O1. The van der Waals surface area contributed by atoms with Crippen LogP contribution >= 0.6 is 11.6 Å². The van der Waals surface area contributed by atoms with Gasteiger partial charge in [0.25, 0.3) is 0 Å². The minimum atomic E-state index is -0.746. The molecule has 0 spiro atoms. The Bertz CT molecular complexity index is 1310. The van der Waals surface area contributed by atoms with E-state index >= 15 is 0 Å². The number of carbonyl (C=O) groups is 2. The van der Waals surface area contributed by atoms with E-state index in [2.05, 4.69) is 15.6 Å². The minimum absolute atomic E-state index is 0.0253. The maximum absolute atomic E-state index is 13.7. The van der Waals surface area contributed by atoms with Crippen LogP contribution < -0.4 is 10.6 Å². The van der Waals surface area contributed by atoms with Crippen LogP contribution in [0.3, 0.4) is 0 Å². The van der Waals surface area contributed by atoms with E-state index in [0.29, 0.717) is 24.4 Å². The van der Waals surface area contributed by atoms with Gasteiger partial charge in [0.1, 0.15) is 18.2 Å². The first-order valence-corrected chi connectivity index (χ1v) is 12.5. The number of pyridine rings is 1. The number of nitrogens with one attached hydrogen (secondary N) is 2. The molecule has 4 rings (SSSR count). The molecule has 0 saturated carbocycles. The Balaban J connectivity index is 1.39. The fourth-order valence-corrected chi connectivity index (χ4v) is 4.32. The average molecular weight is 545 g/mol. The first kappa shape index (κ1) is 27.6. The predicted molar refractivity (Wildman–Crippen MR) is 141 cm³/mol. The number of carbonyl (C=O) groups excluding carboxylic acids is 2. The lowest BCUT2D eigenvalue weighted by Crippen LogP contribution is -2.47. The van der Waals surface area contributed by atoms with Crippen LogP contribution in [0.25, 0.3) is 10.8 Å². The number of rotatable bonds is 8. The summed E-state index contributed by atoms with van der Waals surface area (Å²) in [6.07, 6.45) is 1.00. The van der Waals surface area contributed by atoms with Crippen molar-refractivity contribution >= 4 is 40.3 Å². The third-order valence-corrected chi connectivity index (χ3v) is 6.62. The Hall–Kier alpha value is -3.47. The number of nitrogens with zero attached hydrogens (tertiary/aromatic N) is 2. The second-order valence-corrected chi connectivity index (χ2v) is 9.84. The van der Waals surface area contributed by atoms with Crippen molar-refractivity contribution in [3.63, 3.8) is 0 Å². The molecule has 3 aromatic rings. The van der Waals surface area contributed by atoms with Gasteiger partial charge in [0.2, 0.25) is 0 Å². The minimum Gasteiger partial charge on any atom is -0.447 e. The van der Waals surface area contributed by atoms with E-state index in [0.717, 1.165) is 10.8 Å². The van der Waals surface area contributed by atoms with E-state index in [9.17, 15) is 14.0 Å². The van der Waals surface area contributed by atoms with Crippen LogP contribution in [-0.2, 0) is 20.8 Å². The molecule has 1 saturated heterocycles. The maximum atomic E-state index is 13.7. The van der Waals surface area contributed by atoms with Crippen LogP contribution in [0, 0.1) is 5.82 Å². The molecule has 0 bridgehead atoms. The summed E-state index contributed by atoms with van der Waals surface area (Å²) in [6.45, 7) is 3.87. The van der Waals surface area contributed by atoms with Gasteiger partial charge in [-0.15, -0.1) is 0 Å². The lowest BCUT2D eigenvalue weighted by Gasteiger charge is -2.30. The van der Waals surface area contributed by atoms with Gasteiger partial charge in [0, 0.05) is 25.2 Å². The molecule has 38 heavy (non-hydrogen) atoms. The first-order chi connectivity index (χ1) is 18.1. The molecule has 1 aromatic heterocycles. The Morgan fingerprint density at radius 1 is 1.24 bits per heavy atom. The summed E-state index contributed by atoms with van der Waals surface area (Å²) in [7, 11) is 1.58. The normalized spacial score (nSPS) is 17.1. The van der Waals surface area contributed by atoms with E-state index in [1.165, 1.54) is 17.0 Å². The van der Waals surface area contributed by atoms with Crippen LogP contribution in [0.1, 0.15) is 25.8 Å². The average Bonchev–Trinajstić information content (AvgIpc) is 3.24. The van der Waals surface area contributed by atoms with E-state index < -0.39 is 29.8 Å². The van der Waals surface area contributed by atoms with Gasteiger partial charge in [-0.1, -0.05) is 48.0 Å². The van der Waals surface area contributed by atoms with Gasteiger partial charge in [-0.05, 0) is 43.4 Å². The highest BCUT2D eigenvalue weighted by Gasteiger charge is 2.36. The number of urea groups is 1. The summed E-state index contributed by atoms with van der Waals surface area (Å²) in [5.41, 5.74) is 0.442. The van der Waals surface area contributed by atoms with Crippen LogP contribution in [0.2, 0.25) is 5.02 Å². The molecule has 0 aliphatic carbocycles. The summed E-state index contributed by atoms with van der Waals surface area (Å²) in [4.78, 5) is 31.2. The smallest absolute Gasteiger partial charge is 0.412 e. The number of anilines is 1. The number of fused-ring (bicyclic) bond motifs is 1. The molecular formula is C27H30ClFN4O5. The van der Waals surface area contributed by atoms with Crippen LogP contribution in [0.5, 0.6) is 0 Å². The number of hydrogen-bond acceptors (Lipinski definition) is 6. The number of benzene rings is 2. The summed E-state index contributed by atoms with van der Waals surface area (Å²) >= 11 is 6.00. The summed E-state index contributed by atoms with van der Waals surface area (Å²) in [5.74, 6) is -0.965. The topological polar surface area (TPSA) is 102 Å². The Morgan fingerprint density at radius 2 is 2.00 bits per heavy atom. The molecule has 1 fully saturated rings. The van der Waals surface area contributed by atoms with E-state index in [-0.39, 0.29) is 24.3 Å². The Morgan fingerprint density at radius 3 is 2.74 bits per heavy atom. The van der Waals surface area contributed by atoms with Crippen molar-refractivity contribution in [3.8, 4) is 0 Å². The van der Waals surface area contributed by atoms with Crippen molar-refractivity contribution in [2.24, 2.45) is 0 Å². The van der Waals surface area contributed by atoms with Crippen LogP contribution in [0.15, 0.2) is 54.7 Å². The third kappa shape index (κ3) is 7.09.